The summed E-state index contributed by atoms with van der Waals surface area (Å²) in [5.41, 5.74) is 7.91. The molecule has 4 aliphatic heterocycles. The lowest BCUT2D eigenvalue weighted by Crippen LogP contribution is -2.53. The van der Waals surface area contributed by atoms with Crippen molar-refractivity contribution in [2.24, 2.45) is 13.0 Å². The molecular weight excluding hydrogens is 926 g/mol. The maximum Gasteiger partial charge on any atom is 0.330 e. The molecule has 1 aliphatic carbocycles. The topological polar surface area (TPSA) is 155 Å². The van der Waals surface area contributed by atoms with Crippen molar-refractivity contribution in [2.75, 3.05) is 64.7 Å². The first-order chi connectivity index (χ1) is 35.2. The van der Waals surface area contributed by atoms with E-state index in [2.05, 4.69) is 66.9 Å². The molecule has 11 rings (SSSR count). The predicted octanol–water partition coefficient (Wildman–Crippen LogP) is 6.64. The number of carbonyl (C=O) groups is 3. The van der Waals surface area contributed by atoms with E-state index in [1.165, 1.54) is 6.07 Å². The van der Waals surface area contributed by atoms with Crippen molar-refractivity contribution in [3.8, 4) is 5.69 Å². The highest BCUT2D eigenvalue weighted by molar-refractivity contribution is 6.00. The van der Waals surface area contributed by atoms with Crippen LogP contribution in [0.2, 0.25) is 0 Å². The zero-order chi connectivity index (χ0) is 50.8. The summed E-state index contributed by atoms with van der Waals surface area (Å²) in [5, 5.41) is 6.36. The van der Waals surface area contributed by atoms with Crippen LogP contribution in [0.4, 0.5) is 10.1 Å². The van der Waals surface area contributed by atoms with Crippen LogP contribution in [0.15, 0.2) is 76.6 Å². The third kappa shape index (κ3) is 9.33. The summed E-state index contributed by atoms with van der Waals surface area (Å²) in [6.07, 6.45) is 9.42. The smallest absolute Gasteiger partial charge is 0.330 e. The normalized spacial score (nSPS) is 21.6. The van der Waals surface area contributed by atoms with E-state index >= 15 is 4.39 Å². The molecule has 3 amide bonds. The van der Waals surface area contributed by atoms with Crippen LogP contribution in [-0.4, -0.2) is 126 Å². The lowest BCUT2D eigenvalue weighted by atomic mass is 9.85. The van der Waals surface area contributed by atoms with Gasteiger partial charge in [0, 0.05) is 125 Å². The number of piperidine rings is 3. The fourth-order valence-corrected chi connectivity index (χ4v) is 12.7. The van der Waals surface area contributed by atoms with Crippen molar-refractivity contribution in [2.45, 2.75) is 109 Å². The second-order valence-electron chi connectivity index (χ2n) is 21.6. The summed E-state index contributed by atoms with van der Waals surface area (Å²) < 4.78 is 23.5. The van der Waals surface area contributed by atoms with E-state index in [0.717, 1.165) is 140 Å². The summed E-state index contributed by atoms with van der Waals surface area (Å²) in [6, 6.07) is 16.9. The fraction of sp³-hybridized carbons (Fsp3) is 0.500. The van der Waals surface area contributed by atoms with Crippen LogP contribution in [0.3, 0.4) is 0 Å². The number of nitrogens with one attached hydrogen (secondary N) is 2. The Bertz CT molecular complexity index is 3220. The number of nitrogens with zero attached hydrogens (tertiary/aromatic N) is 9. The molecule has 5 aliphatic rings. The summed E-state index contributed by atoms with van der Waals surface area (Å²) in [7, 11) is 3.82. The van der Waals surface area contributed by atoms with Gasteiger partial charge < -0.3 is 14.8 Å². The summed E-state index contributed by atoms with van der Waals surface area (Å²) in [5.74, 6) is -0.544. The second-order valence-corrected chi connectivity index (χ2v) is 21.6. The Kier molecular flexibility index (Phi) is 13.2. The number of hydrogen-bond acceptors (Lipinski definition) is 10. The zero-order valence-corrected chi connectivity index (χ0v) is 42.8. The Morgan fingerprint density at radius 2 is 1.66 bits per heavy atom. The molecule has 0 bridgehead atoms. The van der Waals surface area contributed by atoms with Crippen molar-refractivity contribution in [1.29, 1.82) is 0 Å². The van der Waals surface area contributed by atoms with E-state index in [-0.39, 0.29) is 53.3 Å². The third-order valence-corrected chi connectivity index (χ3v) is 17.0. The highest BCUT2D eigenvalue weighted by Crippen LogP contribution is 2.39. The number of imide groups is 1. The molecule has 384 valence electrons. The Balaban J connectivity index is 0.667. The Morgan fingerprint density at radius 1 is 0.877 bits per heavy atom. The number of carbonyl (C=O) groups excluding carboxylic acids is 3. The molecule has 4 aromatic heterocycles. The highest BCUT2D eigenvalue weighted by atomic mass is 19.1. The monoisotopic (exact) mass is 994 g/mol. The van der Waals surface area contributed by atoms with Crippen LogP contribution in [0.5, 0.6) is 0 Å². The first-order valence-electron chi connectivity index (χ1n) is 26.5. The molecule has 0 spiro atoms. The molecule has 3 atom stereocenters. The summed E-state index contributed by atoms with van der Waals surface area (Å²) in [4.78, 5) is 79.6. The quantitative estimate of drug-likeness (QED) is 0.128. The lowest BCUT2D eigenvalue weighted by molar-refractivity contribution is -0.135. The van der Waals surface area contributed by atoms with Crippen LogP contribution >= 0.6 is 0 Å². The molecule has 73 heavy (non-hydrogen) atoms. The second kappa shape index (κ2) is 19.8. The van der Waals surface area contributed by atoms with E-state index in [1.54, 1.807) is 34.6 Å². The van der Waals surface area contributed by atoms with Gasteiger partial charge in [-0.05, 0) is 150 Å². The Labute approximate surface area is 424 Å². The molecular formula is C56H68FN11O5. The maximum atomic E-state index is 16.2. The molecule has 0 unspecified atom stereocenters. The van der Waals surface area contributed by atoms with E-state index in [9.17, 15) is 24.0 Å². The average molecular weight is 994 g/mol. The van der Waals surface area contributed by atoms with Gasteiger partial charge in [0.15, 0.2) is 0 Å². The van der Waals surface area contributed by atoms with Gasteiger partial charge in [-0.2, -0.15) is 0 Å². The van der Waals surface area contributed by atoms with Gasteiger partial charge in [0.05, 0.1) is 16.7 Å². The Morgan fingerprint density at radius 3 is 2.36 bits per heavy atom. The van der Waals surface area contributed by atoms with Crippen molar-refractivity contribution >= 4 is 45.5 Å². The molecule has 4 saturated heterocycles. The van der Waals surface area contributed by atoms with Crippen LogP contribution in [-0.2, 0) is 23.2 Å². The summed E-state index contributed by atoms with van der Waals surface area (Å²) in [6.45, 7) is 13.9. The molecule has 1 saturated carbocycles. The van der Waals surface area contributed by atoms with Crippen molar-refractivity contribution < 1.29 is 18.8 Å². The van der Waals surface area contributed by atoms with Gasteiger partial charge in [-0.25, -0.2) is 14.2 Å². The minimum Gasteiger partial charge on any atom is -0.388 e. The minimum atomic E-state index is -0.688. The number of imidazole rings is 1. The van der Waals surface area contributed by atoms with E-state index < -0.39 is 11.9 Å². The van der Waals surface area contributed by atoms with Crippen LogP contribution in [0.25, 0.3) is 27.8 Å². The standard InChI is InChI=1S/C56H68FN11O5/c1-34-26-40(28-44(57)52(34)39-15-21-63(22-16-39)36(3)48-30-43-45(12-18-59-53(43)61(48)5)66-23-17-41(58-4)29-51(66)70)55(72)64-19-13-37(14-20-64)33-65-25-24-62(31-35(65)2)32-38-6-9-46-49(27-38)67(42-7-8-42)56(73)68(46)47-10-11-50(69)60-54(47)71/h6,9,12,17-18,23,26-30,35-37,39,42,47,58H,7-8,10-11,13-16,19-22,24-25,31-33H2,1-5H3,(H,60,69,71)/t35-,36-,47+/m0/s1. The number of aromatic nitrogens is 5. The molecule has 5 fully saturated rings. The van der Waals surface area contributed by atoms with Crippen LogP contribution < -0.4 is 21.9 Å². The number of halogens is 1. The first kappa shape index (κ1) is 48.8. The molecule has 16 nitrogen and oxygen atoms in total. The molecule has 2 N–H and O–H groups in total. The largest absolute Gasteiger partial charge is 0.388 e. The van der Waals surface area contributed by atoms with Crippen molar-refractivity contribution in [3.05, 3.63) is 122 Å². The van der Waals surface area contributed by atoms with E-state index in [0.29, 0.717) is 37.0 Å². The average Bonchev–Trinajstić information content (AvgIpc) is 4.10. The van der Waals surface area contributed by atoms with E-state index in [4.69, 9.17) is 0 Å². The molecule has 2 aromatic carbocycles. The zero-order valence-electron chi connectivity index (χ0n) is 42.8. The number of likely N-dealkylation sites (tertiary alicyclic amines) is 2. The third-order valence-electron chi connectivity index (χ3n) is 17.0. The van der Waals surface area contributed by atoms with Crippen LogP contribution in [0.1, 0.15) is 122 Å². The molecule has 0 radical (unpaired) electrons. The van der Waals surface area contributed by atoms with Gasteiger partial charge in [-0.15, -0.1) is 0 Å². The van der Waals surface area contributed by atoms with E-state index in [1.807, 2.05) is 47.7 Å². The first-order valence-corrected chi connectivity index (χ1v) is 26.5. The van der Waals surface area contributed by atoms with Crippen LogP contribution in [0, 0.1) is 18.7 Å². The van der Waals surface area contributed by atoms with Gasteiger partial charge in [0.1, 0.15) is 17.5 Å². The number of aryl methyl sites for hydroxylation is 2. The van der Waals surface area contributed by atoms with Crippen molar-refractivity contribution in [3.63, 3.8) is 0 Å². The number of amides is 3. The summed E-state index contributed by atoms with van der Waals surface area (Å²) >= 11 is 0. The highest BCUT2D eigenvalue weighted by Gasteiger charge is 2.36. The van der Waals surface area contributed by atoms with Gasteiger partial charge in [0.25, 0.3) is 11.5 Å². The number of piperazine rings is 1. The number of anilines is 1. The number of rotatable bonds is 12. The Hall–Kier alpha value is -6.43. The van der Waals surface area contributed by atoms with Gasteiger partial charge in [-0.3, -0.25) is 52.9 Å². The number of hydrogen-bond donors (Lipinski definition) is 2. The number of pyridine rings is 2. The van der Waals surface area contributed by atoms with Crippen molar-refractivity contribution in [1.82, 2.24) is 48.2 Å². The molecule has 6 aromatic rings. The maximum absolute atomic E-state index is 16.2. The lowest BCUT2D eigenvalue weighted by Gasteiger charge is -2.42. The molecule has 8 heterocycles. The number of fused-ring (bicyclic) bond motifs is 2. The van der Waals surface area contributed by atoms with Gasteiger partial charge in [0.2, 0.25) is 11.8 Å². The predicted molar refractivity (Wildman–Crippen MR) is 280 cm³/mol. The van der Waals surface area contributed by atoms with Gasteiger partial charge in [-0.1, -0.05) is 6.07 Å². The SMILES string of the molecule is CNc1ccn(-c2ccnc3c2cc([C@H](C)N2CCC(c4c(C)cc(C(=O)N5CCC(CN6CCN(Cc7ccc8c(c7)n(C7CC7)c(=O)n8[C@@H]7CCC(=O)NC7=O)C[C@@H]6C)CC5)cc4F)CC2)n3C)c(=O)c1. The number of benzene rings is 2. The van der Waals surface area contributed by atoms with Gasteiger partial charge >= 0.3 is 5.69 Å². The molecule has 17 heteroatoms. The minimum absolute atomic E-state index is 0.0599. The fourth-order valence-electron chi connectivity index (χ4n) is 12.7.